The fourth-order valence-electron chi connectivity index (χ4n) is 2.06. The lowest BCUT2D eigenvalue weighted by Crippen LogP contribution is -2.24. The molecule has 0 bridgehead atoms. The summed E-state index contributed by atoms with van der Waals surface area (Å²) in [5, 5.41) is 3.40. The van der Waals surface area contributed by atoms with Gasteiger partial charge >= 0.3 is 0 Å². The Kier molecular flexibility index (Phi) is 6.63. The molecule has 0 aliphatic heterocycles. The van der Waals surface area contributed by atoms with Crippen molar-refractivity contribution in [2.45, 2.75) is 24.3 Å². The summed E-state index contributed by atoms with van der Waals surface area (Å²) < 4.78 is 5.15. The molecule has 0 spiro atoms. The highest BCUT2D eigenvalue weighted by molar-refractivity contribution is 7.98. The van der Waals surface area contributed by atoms with Gasteiger partial charge in [0.15, 0.2) is 0 Å². The molecular formula is C14H23NOS. The van der Waals surface area contributed by atoms with Gasteiger partial charge in [0, 0.05) is 24.7 Å². The van der Waals surface area contributed by atoms with Crippen LogP contribution in [0.2, 0.25) is 0 Å². The predicted molar refractivity (Wildman–Crippen MR) is 75.7 cm³/mol. The molecule has 3 heteroatoms. The Balaban J connectivity index is 2.70. The van der Waals surface area contributed by atoms with Gasteiger partial charge in [0.1, 0.15) is 0 Å². The van der Waals surface area contributed by atoms with E-state index in [0.29, 0.717) is 12.0 Å². The van der Waals surface area contributed by atoms with Gasteiger partial charge in [-0.25, -0.2) is 0 Å². The molecule has 1 aromatic carbocycles. The van der Waals surface area contributed by atoms with Crippen molar-refractivity contribution in [2.75, 3.05) is 27.0 Å². The lowest BCUT2D eigenvalue weighted by Gasteiger charge is -2.24. The lowest BCUT2D eigenvalue weighted by atomic mass is 9.92. The molecule has 0 amide bonds. The maximum atomic E-state index is 5.15. The van der Waals surface area contributed by atoms with Gasteiger partial charge in [0.05, 0.1) is 0 Å². The van der Waals surface area contributed by atoms with Crippen LogP contribution < -0.4 is 5.32 Å². The van der Waals surface area contributed by atoms with Crippen molar-refractivity contribution >= 4 is 11.8 Å². The molecule has 1 N–H and O–H groups in total. The third-order valence-electron chi connectivity index (χ3n) is 3.13. The molecule has 0 aliphatic rings. The first-order valence-electron chi connectivity index (χ1n) is 6.03. The fourth-order valence-corrected chi connectivity index (χ4v) is 2.47. The summed E-state index contributed by atoms with van der Waals surface area (Å²) in [5.74, 6) is 0.570. The van der Waals surface area contributed by atoms with Gasteiger partial charge < -0.3 is 10.1 Å². The van der Waals surface area contributed by atoms with Crippen LogP contribution in [0.15, 0.2) is 29.2 Å². The second-order valence-electron chi connectivity index (χ2n) is 4.30. The summed E-state index contributed by atoms with van der Waals surface area (Å²) in [4.78, 5) is 1.31. The molecule has 1 rings (SSSR count). The third-order valence-corrected chi connectivity index (χ3v) is 3.88. The van der Waals surface area contributed by atoms with Crippen molar-refractivity contribution < 1.29 is 4.74 Å². The van der Waals surface area contributed by atoms with E-state index in [1.54, 1.807) is 18.9 Å². The number of rotatable bonds is 7. The highest BCUT2D eigenvalue weighted by Crippen LogP contribution is 2.26. The van der Waals surface area contributed by atoms with Gasteiger partial charge in [0.25, 0.3) is 0 Å². The van der Waals surface area contributed by atoms with Crippen molar-refractivity contribution in [1.29, 1.82) is 0 Å². The Hall–Kier alpha value is -0.510. The van der Waals surface area contributed by atoms with Crippen LogP contribution in [0, 0.1) is 5.92 Å². The summed E-state index contributed by atoms with van der Waals surface area (Å²) in [7, 11) is 3.78. The van der Waals surface area contributed by atoms with Crippen LogP contribution in [0.25, 0.3) is 0 Å². The molecule has 2 unspecified atom stereocenters. The average Bonchev–Trinajstić information content (AvgIpc) is 2.38. The van der Waals surface area contributed by atoms with Crippen LogP contribution in [0.4, 0.5) is 0 Å². The zero-order valence-electron chi connectivity index (χ0n) is 11.2. The Labute approximate surface area is 109 Å². The van der Waals surface area contributed by atoms with E-state index < -0.39 is 0 Å². The van der Waals surface area contributed by atoms with Crippen LogP contribution in [-0.4, -0.2) is 27.0 Å². The summed E-state index contributed by atoms with van der Waals surface area (Å²) in [6.45, 7) is 3.09. The smallest absolute Gasteiger partial charge is 0.0465 e. The molecule has 17 heavy (non-hydrogen) atoms. The molecule has 0 radical (unpaired) electrons. The molecular weight excluding hydrogens is 230 g/mol. The second-order valence-corrected chi connectivity index (χ2v) is 5.18. The van der Waals surface area contributed by atoms with E-state index in [0.717, 1.165) is 13.0 Å². The van der Waals surface area contributed by atoms with E-state index in [2.05, 4.69) is 42.8 Å². The van der Waals surface area contributed by atoms with Gasteiger partial charge in [-0.3, -0.25) is 0 Å². The van der Waals surface area contributed by atoms with Gasteiger partial charge in [-0.2, -0.15) is 0 Å². The van der Waals surface area contributed by atoms with Crippen LogP contribution in [0.5, 0.6) is 0 Å². The van der Waals surface area contributed by atoms with E-state index in [1.165, 1.54) is 10.5 Å². The molecule has 0 saturated heterocycles. The van der Waals surface area contributed by atoms with E-state index in [4.69, 9.17) is 4.74 Å². The first-order valence-corrected chi connectivity index (χ1v) is 7.25. The maximum Gasteiger partial charge on any atom is 0.0465 e. The van der Waals surface area contributed by atoms with Crippen LogP contribution >= 0.6 is 11.8 Å². The quantitative estimate of drug-likeness (QED) is 0.753. The Bertz CT molecular complexity index is 313. The van der Waals surface area contributed by atoms with Crippen molar-refractivity contribution in [3.05, 3.63) is 29.8 Å². The van der Waals surface area contributed by atoms with E-state index in [9.17, 15) is 0 Å². The molecule has 0 heterocycles. The van der Waals surface area contributed by atoms with Gasteiger partial charge in [0.2, 0.25) is 0 Å². The summed E-state index contributed by atoms with van der Waals surface area (Å²) in [6.07, 6.45) is 3.18. The Morgan fingerprint density at radius 1 is 1.29 bits per heavy atom. The fraction of sp³-hybridized carbons (Fsp3) is 0.571. The van der Waals surface area contributed by atoms with Crippen molar-refractivity contribution in [1.82, 2.24) is 5.32 Å². The third kappa shape index (κ3) is 4.34. The first kappa shape index (κ1) is 14.6. The van der Waals surface area contributed by atoms with Crippen LogP contribution in [0.1, 0.15) is 24.9 Å². The molecule has 0 saturated carbocycles. The van der Waals surface area contributed by atoms with Crippen molar-refractivity contribution in [3.63, 3.8) is 0 Å². The SMILES string of the molecule is CNC(c1ccc(SC)cc1)C(C)CCOC. The van der Waals surface area contributed by atoms with Crippen molar-refractivity contribution in [2.24, 2.45) is 5.92 Å². The minimum Gasteiger partial charge on any atom is -0.385 e. The zero-order valence-corrected chi connectivity index (χ0v) is 12.0. The molecule has 1 aromatic rings. The largest absolute Gasteiger partial charge is 0.385 e. The molecule has 2 atom stereocenters. The standard InChI is InChI=1S/C14H23NOS/c1-11(9-10-16-3)14(15-2)12-5-7-13(17-4)8-6-12/h5-8,11,14-15H,9-10H2,1-4H3. The highest BCUT2D eigenvalue weighted by atomic mass is 32.2. The molecule has 0 fully saturated rings. The highest BCUT2D eigenvalue weighted by Gasteiger charge is 2.16. The van der Waals surface area contributed by atoms with Gasteiger partial charge in [-0.15, -0.1) is 11.8 Å². The minimum absolute atomic E-state index is 0.404. The number of nitrogens with one attached hydrogen (secondary N) is 1. The number of thioether (sulfide) groups is 1. The summed E-state index contributed by atoms with van der Waals surface area (Å²) >= 11 is 1.78. The van der Waals surface area contributed by atoms with Crippen LogP contribution in [-0.2, 0) is 4.74 Å². The molecule has 2 nitrogen and oxygen atoms in total. The maximum absolute atomic E-state index is 5.15. The number of benzene rings is 1. The first-order chi connectivity index (χ1) is 8.22. The molecule has 0 aromatic heterocycles. The Morgan fingerprint density at radius 3 is 2.41 bits per heavy atom. The van der Waals surface area contributed by atoms with E-state index in [-0.39, 0.29) is 0 Å². The van der Waals surface area contributed by atoms with Crippen LogP contribution in [0.3, 0.4) is 0 Å². The topological polar surface area (TPSA) is 21.3 Å². The Morgan fingerprint density at radius 2 is 1.94 bits per heavy atom. The van der Waals surface area contributed by atoms with Gasteiger partial charge in [-0.05, 0) is 43.3 Å². The average molecular weight is 253 g/mol. The number of hydrogen-bond acceptors (Lipinski definition) is 3. The summed E-state index contributed by atoms with van der Waals surface area (Å²) in [6, 6.07) is 9.22. The monoisotopic (exact) mass is 253 g/mol. The number of ether oxygens (including phenoxy) is 1. The number of methoxy groups -OCH3 is 1. The molecule has 96 valence electrons. The molecule has 0 aliphatic carbocycles. The zero-order chi connectivity index (χ0) is 12.7. The van der Waals surface area contributed by atoms with Gasteiger partial charge in [-0.1, -0.05) is 19.1 Å². The lowest BCUT2D eigenvalue weighted by molar-refractivity contribution is 0.171. The van der Waals surface area contributed by atoms with E-state index >= 15 is 0 Å². The predicted octanol–water partition coefficient (Wildman–Crippen LogP) is 3.34. The minimum atomic E-state index is 0.404. The second kappa shape index (κ2) is 7.75. The van der Waals surface area contributed by atoms with Crippen molar-refractivity contribution in [3.8, 4) is 0 Å². The van der Waals surface area contributed by atoms with E-state index in [1.807, 2.05) is 7.05 Å². The normalized spacial score (nSPS) is 14.6. The summed E-state index contributed by atoms with van der Waals surface area (Å²) in [5.41, 5.74) is 1.36. The number of hydrogen-bond donors (Lipinski definition) is 1.